The Balaban J connectivity index is 1.34. The van der Waals surface area contributed by atoms with Gasteiger partial charge in [0.1, 0.15) is 11.6 Å². The van der Waals surface area contributed by atoms with E-state index in [1.807, 2.05) is 24.4 Å². The lowest BCUT2D eigenvalue weighted by Crippen LogP contribution is -2.40. The quantitative estimate of drug-likeness (QED) is 0.639. The molecule has 2 heterocycles. The van der Waals surface area contributed by atoms with Crippen molar-refractivity contribution in [1.29, 1.82) is 0 Å². The van der Waals surface area contributed by atoms with Gasteiger partial charge in [-0.25, -0.2) is 9.37 Å². The molecule has 0 spiro atoms. The molecule has 1 saturated carbocycles. The Labute approximate surface area is 184 Å². The van der Waals surface area contributed by atoms with Gasteiger partial charge in [0.25, 0.3) is 0 Å². The first-order chi connectivity index (χ1) is 14.5. The van der Waals surface area contributed by atoms with Gasteiger partial charge >= 0.3 is 0 Å². The normalized spacial score (nSPS) is 20.7. The molecule has 0 radical (unpaired) electrons. The third-order valence-corrected chi connectivity index (χ3v) is 6.84. The summed E-state index contributed by atoms with van der Waals surface area (Å²) >= 11 is 5.54. The number of nitrogens with one attached hydrogen (secondary N) is 2. The standard InChI is InChI=1S/C24H31FN4S/c1-18-5-4-14-29(16-18)22-11-10-21(15-26-22)28-23(30)27-17-24(12-2-3-13-24)19-6-8-20(25)9-7-19/h6-11,15,18H,2-5,12-14,16-17H2,1H3,(H2,27,28,30)/t18-/m1/s1. The molecule has 1 aliphatic carbocycles. The summed E-state index contributed by atoms with van der Waals surface area (Å²) in [7, 11) is 0. The van der Waals surface area contributed by atoms with Gasteiger partial charge in [0.2, 0.25) is 0 Å². The Morgan fingerprint density at radius 3 is 2.60 bits per heavy atom. The lowest BCUT2D eigenvalue weighted by atomic mass is 9.79. The number of hydrogen-bond acceptors (Lipinski definition) is 3. The van der Waals surface area contributed by atoms with E-state index in [4.69, 9.17) is 12.2 Å². The molecule has 30 heavy (non-hydrogen) atoms. The smallest absolute Gasteiger partial charge is 0.170 e. The molecule has 1 atom stereocenters. The minimum atomic E-state index is -0.188. The van der Waals surface area contributed by atoms with Crippen LogP contribution in [0.4, 0.5) is 15.9 Å². The molecule has 160 valence electrons. The van der Waals surface area contributed by atoms with Crippen molar-refractivity contribution in [3.8, 4) is 0 Å². The van der Waals surface area contributed by atoms with Crippen LogP contribution in [0.15, 0.2) is 42.6 Å². The molecular formula is C24H31FN4S. The molecule has 1 aromatic carbocycles. The molecule has 1 aromatic heterocycles. The Bertz CT molecular complexity index is 847. The first kappa shape index (κ1) is 21.0. The van der Waals surface area contributed by atoms with E-state index in [1.165, 1.54) is 31.2 Å². The summed E-state index contributed by atoms with van der Waals surface area (Å²) in [5.41, 5.74) is 2.11. The van der Waals surface area contributed by atoms with Crippen LogP contribution >= 0.6 is 12.2 Å². The molecule has 1 saturated heterocycles. The summed E-state index contributed by atoms with van der Waals surface area (Å²) in [6, 6.07) is 11.1. The van der Waals surface area contributed by atoms with E-state index in [2.05, 4.69) is 33.5 Å². The number of pyridine rings is 1. The fraction of sp³-hybridized carbons (Fsp3) is 0.500. The largest absolute Gasteiger partial charge is 0.362 e. The molecule has 0 amide bonds. The number of thiocarbonyl (C=S) groups is 1. The zero-order chi connectivity index (χ0) is 21.0. The number of benzene rings is 1. The van der Waals surface area contributed by atoms with E-state index in [0.29, 0.717) is 5.11 Å². The van der Waals surface area contributed by atoms with Gasteiger partial charge in [0.05, 0.1) is 11.9 Å². The van der Waals surface area contributed by atoms with Crippen molar-refractivity contribution in [3.63, 3.8) is 0 Å². The summed E-state index contributed by atoms with van der Waals surface area (Å²) in [6.07, 6.45) is 8.97. The summed E-state index contributed by atoms with van der Waals surface area (Å²) in [5.74, 6) is 1.57. The monoisotopic (exact) mass is 426 g/mol. The van der Waals surface area contributed by atoms with Crippen molar-refractivity contribution in [2.24, 2.45) is 5.92 Å². The van der Waals surface area contributed by atoms with Crippen molar-refractivity contribution < 1.29 is 4.39 Å². The Kier molecular flexibility index (Phi) is 6.52. The van der Waals surface area contributed by atoms with Crippen molar-refractivity contribution in [2.75, 3.05) is 29.9 Å². The molecule has 2 aliphatic rings. The summed E-state index contributed by atoms with van der Waals surface area (Å²) in [6.45, 7) is 5.21. The lowest BCUT2D eigenvalue weighted by Gasteiger charge is -2.32. The maximum Gasteiger partial charge on any atom is 0.170 e. The average Bonchev–Trinajstić information content (AvgIpc) is 3.23. The fourth-order valence-corrected chi connectivity index (χ4v) is 5.08. The van der Waals surface area contributed by atoms with Gasteiger partial charge < -0.3 is 15.5 Å². The second-order valence-corrected chi connectivity index (χ2v) is 9.31. The van der Waals surface area contributed by atoms with E-state index in [-0.39, 0.29) is 11.2 Å². The van der Waals surface area contributed by atoms with E-state index >= 15 is 0 Å². The summed E-state index contributed by atoms with van der Waals surface area (Å²) in [4.78, 5) is 7.00. The van der Waals surface area contributed by atoms with Gasteiger partial charge in [-0.3, -0.25) is 0 Å². The highest BCUT2D eigenvalue weighted by Gasteiger charge is 2.35. The van der Waals surface area contributed by atoms with Crippen LogP contribution in [0.3, 0.4) is 0 Å². The first-order valence-corrected chi connectivity index (χ1v) is 11.5. The maximum absolute atomic E-state index is 13.4. The number of piperidine rings is 1. The van der Waals surface area contributed by atoms with Crippen LogP contribution in [0.5, 0.6) is 0 Å². The van der Waals surface area contributed by atoms with Crippen molar-refractivity contribution >= 4 is 28.8 Å². The highest BCUT2D eigenvalue weighted by molar-refractivity contribution is 7.80. The molecule has 4 rings (SSSR count). The van der Waals surface area contributed by atoms with Gasteiger partial charge in [-0.2, -0.15) is 0 Å². The zero-order valence-corrected chi connectivity index (χ0v) is 18.5. The fourth-order valence-electron chi connectivity index (χ4n) is 4.89. The predicted octanol–water partition coefficient (Wildman–Crippen LogP) is 5.26. The highest BCUT2D eigenvalue weighted by Crippen LogP contribution is 2.40. The Morgan fingerprint density at radius 1 is 1.17 bits per heavy atom. The number of hydrogen-bond donors (Lipinski definition) is 2. The Hall–Kier alpha value is -2.21. The lowest BCUT2D eigenvalue weighted by molar-refractivity contribution is 0.434. The Morgan fingerprint density at radius 2 is 1.93 bits per heavy atom. The number of rotatable bonds is 5. The average molecular weight is 427 g/mol. The summed E-state index contributed by atoms with van der Waals surface area (Å²) in [5, 5.41) is 7.26. The SMILES string of the molecule is C[C@@H]1CCCN(c2ccc(NC(=S)NCC3(c4ccc(F)cc4)CCCC3)cn2)C1. The molecule has 4 nitrogen and oxygen atoms in total. The minimum absolute atomic E-state index is 0.0203. The van der Waals surface area contributed by atoms with E-state index in [0.717, 1.165) is 49.9 Å². The van der Waals surface area contributed by atoms with E-state index < -0.39 is 0 Å². The van der Waals surface area contributed by atoms with Crippen LogP contribution in [0.1, 0.15) is 51.0 Å². The van der Waals surface area contributed by atoms with Gasteiger partial charge in [-0.15, -0.1) is 0 Å². The highest BCUT2D eigenvalue weighted by atomic mass is 32.1. The second-order valence-electron chi connectivity index (χ2n) is 8.90. The molecule has 6 heteroatoms. The van der Waals surface area contributed by atoms with Crippen LogP contribution < -0.4 is 15.5 Å². The van der Waals surface area contributed by atoms with Crippen molar-refractivity contribution in [3.05, 3.63) is 54.0 Å². The molecule has 2 aromatic rings. The van der Waals surface area contributed by atoms with Crippen molar-refractivity contribution in [1.82, 2.24) is 10.3 Å². The van der Waals surface area contributed by atoms with Crippen LogP contribution in [0, 0.1) is 11.7 Å². The number of halogens is 1. The van der Waals surface area contributed by atoms with Crippen LogP contribution in [-0.4, -0.2) is 29.7 Å². The zero-order valence-electron chi connectivity index (χ0n) is 17.7. The first-order valence-electron chi connectivity index (χ1n) is 11.1. The number of aromatic nitrogens is 1. The van der Waals surface area contributed by atoms with Crippen LogP contribution in [-0.2, 0) is 5.41 Å². The maximum atomic E-state index is 13.4. The van der Waals surface area contributed by atoms with Gasteiger partial charge in [0.15, 0.2) is 5.11 Å². The van der Waals surface area contributed by atoms with Crippen molar-refractivity contribution in [2.45, 2.75) is 50.9 Å². The number of anilines is 2. The molecule has 0 bridgehead atoms. The van der Waals surface area contributed by atoms with E-state index in [9.17, 15) is 4.39 Å². The molecule has 0 unspecified atom stereocenters. The summed E-state index contributed by atoms with van der Waals surface area (Å²) < 4.78 is 13.4. The predicted molar refractivity (Wildman–Crippen MR) is 126 cm³/mol. The van der Waals surface area contributed by atoms with E-state index in [1.54, 1.807) is 12.1 Å². The number of nitrogens with zero attached hydrogens (tertiary/aromatic N) is 2. The third kappa shape index (κ3) is 4.91. The minimum Gasteiger partial charge on any atom is -0.362 e. The molecule has 2 fully saturated rings. The van der Waals surface area contributed by atoms with Crippen LogP contribution in [0.25, 0.3) is 0 Å². The van der Waals surface area contributed by atoms with Crippen LogP contribution in [0.2, 0.25) is 0 Å². The van der Waals surface area contributed by atoms with Gasteiger partial charge in [0, 0.05) is 25.0 Å². The second kappa shape index (κ2) is 9.29. The van der Waals surface area contributed by atoms with Gasteiger partial charge in [-0.1, -0.05) is 31.9 Å². The topological polar surface area (TPSA) is 40.2 Å². The molecule has 1 aliphatic heterocycles. The molecular weight excluding hydrogens is 395 g/mol. The third-order valence-electron chi connectivity index (χ3n) is 6.59. The van der Waals surface area contributed by atoms with Gasteiger partial charge in [-0.05, 0) is 73.6 Å². The molecule has 2 N–H and O–H groups in total.